The Kier molecular flexibility index (Phi) is 6.40. The van der Waals surface area contributed by atoms with Gasteiger partial charge in [-0.1, -0.05) is 45.0 Å². The minimum atomic E-state index is -0.0826. The van der Waals surface area contributed by atoms with E-state index in [1.807, 2.05) is 6.92 Å². The van der Waals surface area contributed by atoms with Gasteiger partial charge in [0.15, 0.2) is 0 Å². The third kappa shape index (κ3) is 4.93. The van der Waals surface area contributed by atoms with Crippen LogP contribution in [0.4, 0.5) is 4.79 Å². The van der Waals surface area contributed by atoms with Crippen molar-refractivity contribution in [1.29, 1.82) is 0 Å². The van der Waals surface area contributed by atoms with Gasteiger partial charge in [0.1, 0.15) is 0 Å². The lowest BCUT2D eigenvalue weighted by molar-refractivity contribution is 0.233. The van der Waals surface area contributed by atoms with E-state index in [4.69, 9.17) is 0 Å². The van der Waals surface area contributed by atoms with Crippen LogP contribution in [0.3, 0.4) is 0 Å². The van der Waals surface area contributed by atoms with E-state index in [9.17, 15) is 4.79 Å². The number of nitrogens with one attached hydrogen (secondary N) is 2. The van der Waals surface area contributed by atoms with Crippen molar-refractivity contribution in [2.45, 2.75) is 59.0 Å². The van der Waals surface area contributed by atoms with Crippen LogP contribution in [0.5, 0.6) is 0 Å². The fourth-order valence-corrected chi connectivity index (χ4v) is 2.04. The average molecular weight is 262 g/mol. The molecule has 0 radical (unpaired) electrons. The number of urea groups is 1. The van der Waals surface area contributed by atoms with E-state index in [-0.39, 0.29) is 18.1 Å². The standard InChI is InChI=1S/C16H26N2O/c1-5-13-8-10-14(11-9-13)12(4)17-16(19)18-15(6-2)7-3/h8-12,15H,5-7H2,1-4H3,(H2,17,18,19). The monoisotopic (exact) mass is 262 g/mol. The Labute approximate surface area is 116 Å². The fourth-order valence-electron chi connectivity index (χ4n) is 2.04. The van der Waals surface area contributed by atoms with Crippen LogP contribution in [0.1, 0.15) is 57.7 Å². The van der Waals surface area contributed by atoms with Crippen LogP contribution in [0.2, 0.25) is 0 Å². The van der Waals surface area contributed by atoms with Crippen molar-refractivity contribution >= 4 is 6.03 Å². The van der Waals surface area contributed by atoms with E-state index in [1.165, 1.54) is 5.56 Å². The second kappa shape index (κ2) is 7.82. The minimum absolute atomic E-state index is 0.0280. The zero-order valence-electron chi connectivity index (χ0n) is 12.5. The third-order valence-electron chi connectivity index (χ3n) is 3.56. The molecule has 1 aromatic carbocycles. The van der Waals surface area contributed by atoms with Crippen molar-refractivity contribution in [3.8, 4) is 0 Å². The van der Waals surface area contributed by atoms with Crippen LogP contribution in [0, 0.1) is 0 Å². The van der Waals surface area contributed by atoms with Crippen molar-refractivity contribution in [2.75, 3.05) is 0 Å². The van der Waals surface area contributed by atoms with Crippen molar-refractivity contribution in [3.05, 3.63) is 35.4 Å². The van der Waals surface area contributed by atoms with Crippen molar-refractivity contribution in [1.82, 2.24) is 10.6 Å². The number of carbonyl (C=O) groups excluding carboxylic acids is 1. The van der Waals surface area contributed by atoms with E-state index in [0.717, 1.165) is 24.8 Å². The molecule has 0 aromatic heterocycles. The SMILES string of the molecule is CCc1ccc(C(C)NC(=O)NC(CC)CC)cc1. The van der Waals surface area contributed by atoms with Crippen LogP contribution in [-0.4, -0.2) is 12.1 Å². The molecule has 2 amide bonds. The predicted molar refractivity (Wildman–Crippen MR) is 80.3 cm³/mol. The quantitative estimate of drug-likeness (QED) is 0.804. The molecule has 1 unspecified atom stereocenters. The minimum Gasteiger partial charge on any atom is -0.335 e. The zero-order valence-corrected chi connectivity index (χ0v) is 12.5. The molecule has 19 heavy (non-hydrogen) atoms. The number of carbonyl (C=O) groups is 1. The number of benzene rings is 1. The summed E-state index contributed by atoms with van der Waals surface area (Å²) in [6.07, 6.45) is 2.96. The fraction of sp³-hybridized carbons (Fsp3) is 0.562. The normalized spacial score (nSPS) is 12.3. The van der Waals surface area contributed by atoms with Gasteiger partial charge in [0.2, 0.25) is 0 Å². The maximum absolute atomic E-state index is 11.9. The first kappa shape index (κ1) is 15.5. The lowest BCUT2D eigenvalue weighted by Gasteiger charge is -2.19. The van der Waals surface area contributed by atoms with Gasteiger partial charge in [-0.2, -0.15) is 0 Å². The van der Waals surface area contributed by atoms with Gasteiger partial charge in [0.25, 0.3) is 0 Å². The van der Waals surface area contributed by atoms with Crippen molar-refractivity contribution < 1.29 is 4.79 Å². The largest absolute Gasteiger partial charge is 0.335 e. The molecule has 1 atom stereocenters. The van der Waals surface area contributed by atoms with E-state index in [1.54, 1.807) is 0 Å². The van der Waals surface area contributed by atoms with Gasteiger partial charge in [-0.05, 0) is 37.3 Å². The summed E-state index contributed by atoms with van der Waals surface area (Å²) in [5.74, 6) is 0. The Bertz CT molecular complexity index is 382. The second-order valence-electron chi connectivity index (χ2n) is 4.95. The molecule has 1 rings (SSSR count). The second-order valence-corrected chi connectivity index (χ2v) is 4.95. The highest BCUT2D eigenvalue weighted by Crippen LogP contribution is 2.13. The highest BCUT2D eigenvalue weighted by Gasteiger charge is 2.12. The Morgan fingerprint density at radius 2 is 1.63 bits per heavy atom. The molecule has 3 nitrogen and oxygen atoms in total. The Morgan fingerprint density at radius 1 is 1.05 bits per heavy atom. The topological polar surface area (TPSA) is 41.1 Å². The maximum atomic E-state index is 11.9. The first-order valence-electron chi connectivity index (χ1n) is 7.26. The molecule has 106 valence electrons. The van der Waals surface area contributed by atoms with Crippen molar-refractivity contribution in [2.24, 2.45) is 0 Å². The molecule has 0 bridgehead atoms. The summed E-state index contributed by atoms with van der Waals surface area (Å²) in [6, 6.07) is 8.61. The number of hydrogen-bond acceptors (Lipinski definition) is 1. The highest BCUT2D eigenvalue weighted by atomic mass is 16.2. The van der Waals surface area contributed by atoms with E-state index in [2.05, 4.69) is 55.7 Å². The molecule has 0 aliphatic rings. The number of hydrogen-bond donors (Lipinski definition) is 2. The Hall–Kier alpha value is -1.51. The molecular weight excluding hydrogens is 236 g/mol. The zero-order chi connectivity index (χ0) is 14.3. The van der Waals surface area contributed by atoms with Crippen LogP contribution < -0.4 is 10.6 Å². The number of rotatable bonds is 6. The van der Waals surface area contributed by atoms with Gasteiger partial charge in [0.05, 0.1) is 6.04 Å². The predicted octanol–water partition coefficient (Wildman–Crippen LogP) is 3.80. The van der Waals surface area contributed by atoms with E-state index < -0.39 is 0 Å². The first-order chi connectivity index (χ1) is 9.10. The molecule has 0 aliphatic heterocycles. The van der Waals surface area contributed by atoms with Gasteiger partial charge in [-0.15, -0.1) is 0 Å². The highest BCUT2D eigenvalue weighted by molar-refractivity contribution is 5.74. The molecule has 0 spiro atoms. The summed E-state index contributed by atoms with van der Waals surface area (Å²) in [7, 11) is 0. The number of aryl methyl sites for hydroxylation is 1. The summed E-state index contributed by atoms with van der Waals surface area (Å²) < 4.78 is 0. The van der Waals surface area contributed by atoms with Gasteiger partial charge in [-0.3, -0.25) is 0 Å². The Morgan fingerprint density at radius 3 is 2.11 bits per heavy atom. The summed E-state index contributed by atoms with van der Waals surface area (Å²) >= 11 is 0. The van der Waals surface area contributed by atoms with Gasteiger partial charge in [-0.25, -0.2) is 4.79 Å². The molecule has 2 N–H and O–H groups in total. The molecule has 3 heteroatoms. The van der Waals surface area contributed by atoms with Crippen LogP contribution >= 0.6 is 0 Å². The smallest absolute Gasteiger partial charge is 0.315 e. The molecule has 0 aliphatic carbocycles. The molecule has 0 saturated carbocycles. The van der Waals surface area contributed by atoms with Crippen molar-refractivity contribution in [3.63, 3.8) is 0 Å². The average Bonchev–Trinajstić information content (AvgIpc) is 2.44. The van der Waals surface area contributed by atoms with Gasteiger partial charge >= 0.3 is 6.03 Å². The maximum Gasteiger partial charge on any atom is 0.315 e. The van der Waals surface area contributed by atoms with Crippen LogP contribution in [0.15, 0.2) is 24.3 Å². The van der Waals surface area contributed by atoms with Gasteiger partial charge < -0.3 is 10.6 Å². The molecular formula is C16H26N2O. The van der Waals surface area contributed by atoms with Gasteiger partial charge in [0, 0.05) is 6.04 Å². The molecule has 0 heterocycles. The summed E-state index contributed by atoms with van der Waals surface area (Å²) in [5.41, 5.74) is 2.45. The third-order valence-corrected chi connectivity index (χ3v) is 3.56. The van der Waals surface area contributed by atoms with Crippen LogP contribution in [-0.2, 0) is 6.42 Å². The molecule has 0 saturated heterocycles. The molecule has 1 aromatic rings. The summed E-state index contributed by atoms with van der Waals surface area (Å²) in [4.78, 5) is 11.9. The number of amides is 2. The lowest BCUT2D eigenvalue weighted by Crippen LogP contribution is -2.42. The van der Waals surface area contributed by atoms with E-state index in [0.29, 0.717) is 0 Å². The molecule has 0 fully saturated rings. The van der Waals surface area contributed by atoms with E-state index >= 15 is 0 Å². The first-order valence-corrected chi connectivity index (χ1v) is 7.26. The summed E-state index contributed by atoms with van der Waals surface area (Å²) in [5, 5.41) is 5.97. The lowest BCUT2D eigenvalue weighted by atomic mass is 10.1. The Balaban J connectivity index is 2.53. The van der Waals surface area contributed by atoms with Crippen LogP contribution in [0.25, 0.3) is 0 Å². The summed E-state index contributed by atoms with van der Waals surface area (Å²) in [6.45, 7) is 8.32.